The van der Waals surface area contributed by atoms with Gasteiger partial charge < -0.3 is 19.9 Å². The highest BCUT2D eigenvalue weighted by Crippen LogP contribution is 2.13. The lowest BCUT2D eigenvalue weighted by Crippen LogP contribution is -2.50. The van der Waals surface area contributed by atoms with Crippen molar-refractivity contribution in [2.75, 3.05) is 27.4 Å². The lowest BCUT2D eigenvalue weighted by atomic mass is 9.94. The van der Waals surface area contributed by atoms with Crippen molar-refractivity contribution in [3.05, 3.63) is 0 Å². The van der Waals surface area contributed by atoms with E-state index in [9.17, 15) is 5.11 Å². The van der Waals surface area contributed by atoms with Crippen molar-refractivity contribution in [3.63, 3.8) is 0 Å². The van der Waals surface area contributed by atoms with Crippen LogP contribution in [0.4, 0.5) is 0 Å². The normalized spacial score (nSPS) is 12.4. The van der Waals surface area contributed by atoms with E-state index in [-0.39, 0.29) is 18.4 Å². The third-order valence-electron chi connectivity index (χ3n) is 2.83. The zero-order valence-electron chi connectivity index (χ0n) is 9.67. The van der Waals surface area contributed by atoms with Crippen molar-refractivity contribution in [2.24, 2.45) is 0 Å². The first-order valence-corrected chi connectivity index (χ1v) is 5.09. The average molecular weight is 205 g/mol. The Labute approximate surface area is 86.6 Å². The third kappa shape index (κ3) is 3.92. The van der Waals surface area contributed by atoms with Gasteiger partial charge in [0.25, 0.3) is 0 Å². The highest BCUT2D eigenvalue weighted by molar-refractivity contribution is 4.84. The summed E-state index contributed by atoms with van der Waals surface area (Å²) in [5.74, 6) is 0. The second kappa shape index (κ2) is 7.17. The molecule has 0 unspecified atom stereocenters. The molecule has 4 heteroatoms. The van der Waals surface area contributed by atoms with Crippen LogP contribution in [-0.2, 0) is 9.47 Å². The summed E-state index contributed by atoms with van der Waals surface area (Å²) in [6.07, 6.45) is 1.53. The fourth-order valence-electron chi connectivity index (χ4n) is 1.34. The molecule has 0 heterocycles. The van der Waals surface area contributed by atoms with Crippen LogP contribution in [0.2, 0.25) is 0 Å². The van der Waals surface area contributed by atoms with E-state index < -0.39 is 0 Å². The molecule has 2 N–H and O–H groups in total. The highest BCUT2D eigenvalue weighted by atomic mass is 16.7. The predicted molar refractivity (Wildman–Crippen MR) is 56.2 cm³/mol. The van der Waals surface area contributed by atoms with Crippen molar-refractivity contribution in [3.8, 4) is 0 Å². The van der Waals surface area contributed by atoms with Crippen LogP contribution >= 0.6 is 0 Å². The molecule has 0 radical (unpaired) electrons. The summed E-state index contributed by atoms with van der Waals surface area (Å²) >= 11 is 0. The van der Waals surface area contributed by atoms with E-state index in [2.05, 4.69) is 19.2 Å². The molecule has 0 amide bonds. The standard InChI is InChI=1S/C10H23NO3/c1-5-10(6-2,8-12)11-7-9(13-3)14-4/h9,11-12H,5-8H2,1-4H3. The zero-order valence-corrected chi connectivity index (χ0v) is 9.67. The summed E-state index contributed by atoms with van der Waals surface area (Å²) < 4.78 is 10.1. The Balaban J connectivity index is 4.04. The van der Waals surface area contributed by atoms with Crippen LogP contribution in [0.25, 0.3) is 0 Å². The van der Waals surface area contributed by atoms with E-state index in [4.69, 9.17) is 9.47 Å². The third-order valence-corrected chi connectivity index (χ3v) is 2.83. The van der Waals surface area contributed by atoms with E-state index in [1.54, 1.807) is 14.2 Å². The Bertz CT molecular complexity index is 125. The molecular formula is C10H23NO3. The maximum Gasteiger partial charge on any atom is 0.169 e. The summed E-state index contributed by atoms with van der Waals surface area (Å²) in [5.41, 5.74) is -0.199. The van der Waals surface area contributed by atoms with E-state index in [0.29, 0.717) is 6.54 Å². The number of aliphatic hydroxyl groups excluding tert-OH is 1. The lowest BCUT2D eigenvalue weighted by molar-refractivity contribution is -0.103. The number of rotatable bonds is 8. The molecule has 14 heavy (non-hydrogen) atoms. The quantitative estimate of drug-likeness (QED) is 0.574. The van der Waals surface area contributed by atoms with Gasteiger partial charge in [-0.1, -0.05) is 13.8 Å². The van der Waals surface area contributed by atoms with E-state index >= 15 is 0 Å². The van der Waals surface area contributed by atoms with E-state index in [1.807, 2.05) is 0 Å². The average Bonchev–Trinajstić information content (AvgIpc) is 2.26. The minimum Gasteiger partial charge on any atom is -0.394 e. The van der Waals surface area contributed by atoms with Crippen LogP contribution in [0.5, 0.6) is 0 Å². The molecule has 0 atom stereocenters. The van der Waals surface area contributed by atoms with Gasteiger partial charge in [-0.2, -0.15) is 0 Å². The van der Waals surface area contributed by atoms with Gasteiger partial charge in [0.05, 0.1) is 6.61 Å². The van der Waals surface area contributed by atoms with Gasteiger partial charge in [-0.3, -0.25) is 0 Å². The van der Waals surface area contributed by atoms with Gasteiger partial charge in [0.1, 0.15) is 0 Å². The van der Waals surface area contributed by atoms with Gasteiger partial charge in [0.15, 0.2) is 6.29 Å². The Morgan fingerprint density at radius 1 is 1.21 bits per heavy atom. The van der Waals surface area contributed by atoms with Gasteiger partial charge in [-0.05, 0) is 12.8 Å². The fraction of sp³-hybridized carbons (Fsp3) is 1.00. The van der Waals surface area contributed by atoms with Gasteiger partial charge >= 0.3 is 0 Å². The molecule has 0 bridgehead atoms. The number of nitrogens with one attached hydrogen (secondary N) is 1. The zero-order chi connectivity index (χ0) is 11.0. The van der Waals surface area contributed by atoms with Gasteiger partial charge in [0.2, 0.25) is 0 Å². The largest absolute Gasteiger partial charge is 0.394 e. The predicted octanol–water partition coefficient (Wildman–Crippen LogP) is 0.746. The van der Waals surface area contributed by atoms with Crippen molar-refractivity contribution in [1.82, 2.24) is 5.32 Å². The first kappa shape index (κ1) is 13.8. The van der Waals surface area contributed by atoms with Crippen LogP contribution < -0.4 is 5.32 Å². The van der Waals surface area contributed by atoms with Crippen molar-refractivity contribution < 1.29 is 14.6 Å². The van der Waals surface area contributed by atoms with Gasteiger partial charge in [-0.15, -0.1) is 0 Å². The van der Waals surface area contributed by atoms with E-state index in [0.717, 1.165) is 12.8 Å². The number of hydrogen-bond acceptors (Lipinski definition) is 4. The highest BCUT2D eigenvalue weighted by Gasteiger charge is 2.25. The first-order valence-electron chi connectivity index (χ1n) is 5.09. The minimum atomic E-state index is -0.251. The molecule has 0 saturated carbocycles. The molecule has 0 aliphatic heterocycles. The Kier molecular flexibility index (Phi) is 7.09. The van der Waals surface area contributed by atoms with Crippen LogP contribution in [0.1, 0.15) is 26.7 Å². The number of ether oxygens (including phenoxy) is 2. The maximum atomic E-state index is 9.29. The SMILES string of the molecule is CCC(CC)(CO)NCC(OC)OC. The molecule has 0 saturated heterocycles. The number of aliphatic hydroxyl groups is 1. The molecule has 0 aliphatic carbocycles. The summed E-state index contributed by atoms with van der Waals surface area (Å²) in [6, 6.07) is 0. The molecule has 0 aromatic heterocycles. The first-order chi connectivity index (χ1) is 6.67. The Morgan fingerprint density at radius 3 is 2.00 bits per heavy atom. The molecule has 4 nitrogen and oxygen atoms in total. The Hall–Kier alpha value is -0.160. The molecule has 0 fully saturated rings. The molecule has 0 aromatic carbocycles. The summed E-state index contributed by atoms with van der Waals surface area (Å²) in [7, 11) is 3.21. The monoisotopic (exact) mass is 205 g/mol. The molecule has 0 spiro atoms. The second-order valence-electron chi connectivity index (χ2n) is 3.43. The smallest absolute Gasteiger partial charge is 0.169 e. The van der Waals surface area contributed by atoms with Crippen molar-refractivity contribution >= 4 is 0 Å². The second-order valence-corrected chi connectivity index (χ2v) is 3.43. The van der Waals surface area contributed by atoms with Crippen LogP contribution in [0, 0.1) is 0 Å². The summed E-state index contributed by atoms with van der Waals surface area (Å²) in [4.78, 5) is 0. The van der Waals surface area contributed by atoms with E-state index in [1.165, 1.54) is 0 Å². The van der Waals surface area contributed by atoms with Crippen molar-refractivity contribution in [1.29, 1.82) is 0 Å². The molecule has 0 aromatic rings. The van der Waals surface area contributed by atoms with Gasteiger partial charge in [0, 0.05) is 26.3 Å². The minimum absolute atomic E-state index is 0.139. The lowest BCUT2D eigenvalue weighted by Gasteiger charge is -2.32. The Morgan fingerprint density at radius 2 is 1.71 bits per heavy atom. The topological polar surface area (TPSA) is 50.7 Å². The van der Waals surface area contributed by atoms with Crippen LogP contribution in [-0.4, -0.2) is 44.3 Å². The summed E-state index contributed by atoms with van der Waals surface area (Å²) in [6.45, 7) is 4.85. The van der Waals surface area contributed by atoms with Crippen molar-refractivity contribution in [2.45, 2.75) is 38.5 Å². The molecular weight excluding hydrogens is 182 g/mol. The summed E-state index contributed by atoms with van der Waals surface area (Å²) in [5, 5.41) is 12.6. The number of methoxy groups -OCH3 is 2. The van der Waals surface area contributed by atoms with Crippen LogP contribution in [0.3, 0.4) is 0 Å². The maximum absolute atomic E-state index is 9.29. The molecule has 86 valence electrons. The van der Waals surface area contributed by atoms with Crippen LogP contribution in [0.15, 0.2) is 0 Å². The fourth-order valence-corrected chi connectivity index (χ4v) is 1.34. The molecule has 0 rings (SSSR count). The number of hydrogen-bond donors (Lipinski definition) is 2. The van der Waals surface area contributed by atoms with Gasteiger partial charge in [-0.25, -0.2) is 0 Å². The molecule has 0 aliphatic rings.